The van der Waals surface area contributed by atoms with Crippen molar-refractivity contribution in [3.8, 4) is 0 Å². The van der Waals surface area contributed by atoms with Gasteiger partial charge in [-0.15, -0.1) is 0 Å². The minimum Gasteiger partial charge on any atom is -0.391 e. The van der Waals surface area contributed by atoms with Crippen LogP contribution in [0.1, 0.15) is 18.9 Å². The smallest absolute Gasteiger partial charge is 0.246 e. The Hall–Kier alpha value is -2.58. The van der Waals surface area contributed by atoms with Gasteiger partial charge in [0.15, 0.2) is 0 Å². The molecule has 0 aromatic heterocycles. The summed E-state index contributed by atoms with van der Waals surface area (Å²) in [5, 5.41) is 5.02. The molecule has 2 aliphatic heterocycles. The third-order valence-corrected chi connectivity index (χ3v) is 6.09. The van der Waals surface area contributed by atoms with E-state index in [2.05, 4.69) is 11.7 Å². The van der Waals surface area contributed by atoms with Crippen molar-refractivity contribution in [2.24, 2.45) is 5.16 Å². The Labute approximate surface area is 191 Å². The van der Waals surface area contributed by atoms with Gasteiger partial charge in [0.05, 0.1) is 22.3 Å². The quantitative estimate of drug-likeness (QED) is 0.492. The highest BCUT2D eigenvalue weighted by atomic mass is 35.5. The lowest BCUT2D eigenvalue weighted by Gasteiger charge is -2.36. The van der Waals surface area contributed by atoms with Crippen LogP contribution in [0.2, 0.25) is 10.0 Å². The van der Waals surface area contributed by atoms with E-state index in [9.17, 15) is 14.4 Å². The van der Waals surface area contributed by atoms with Gasteiger partial charge in [-0.3, -0.25) is 14.4 Å². The van der Waals surface area contributed by atoms with Crippen LogP contribution in [-0.2, 0) is 25.8 Å². The van der Waals surface area contributed by atoms with Crippen LogP contribution in [0.4, 0.5) is 0 Å². The average Bonchev–Trinajstić information content (AvgIpc) is 3.19. The molecule has 0 bridgehead atoms. The molecule has 1 atom stereocenters. The zero-order valence-electron chi connectivity index (χ0n) is 17.2. The van der Waals surface area contributed by atoms with Crippen molar-refractivity contribution in [2.75, 3.05) is 32.7 Å². The second kappa shape index (κ2) is 10.2. The van der Waals surface area contributed by atoms with Crippen molar-refractivity contribution in [3.05, 3.63) is 46.5 Å². The molecule has 0 unspecified atom stereocenters. The number of rotatable bonds is 5. The van der Waals surface area contributed by atoms with E-state index in [-0.39, 0.29) is 37.3 Å². The fraction of sp³-hybridized carbons (Fsp3) is 0.429. The number of likely N-dealkylation sites (tertiary alicyclic amines) is 1. The number of hydrogen-bond donors (Lipinski definition) is 0. The van der Waals surface area contributed by atoms with E-state index in [0.29, 0.717) is 41.9 Å². The minimum absolute atomic E-state index is 0.00929. The Morgan fingerprint density at radius 1 is 1.16 bits per heavy atom. The Balaban J connectivity index is 1.64. The van der Waals surface area contributed by atoms with Gasteiger partial charge in [-0.1, -0.05) is 41.0 Å². The highest BCUT2D eigenvalue weighted by Gasteiger charge is 2.40. The lowest BCUT2D eigenvalue weighted by Crippen LogP contribution is -2.55. The summed E-state index contributed by atoms with van der Waals surface area (Å²) < 4.78 is 0. The first-order chi connectivity index (χ1) is 14.8. The molecule has 2 heterocycles. The summed E-state index contributed by atoms with van der Waals surface area (Å²) in [7, 11) is 0. The first kappa shape index (κ1) is 23.1. The largest absolute Gasteiger partial charge is 0.391 e. The van der Waals surface area contributed by atoms with Crippen LogP contribution in [0, 0.1) is 0 Å². The molecule has 0 aliphatic carbocycles. The highest BCUT2D eigenvalue weighted by Crippen LogP contribution is 2.23. The van der Waals surface area contributed by atoms with Gasteiger partial charge in [0.25, 0.3) is 0 Å². The molecular weight excluding hydrogens is 443 g/mol. The molecule has 0 N–H and O–H groups in total. The number of carbonyl (C=O) groups excluding carboxylic acids is 3. The van der Waals surface area contributed by atoms with Gasteiger partial charge in [-0.2, -0.15) is 0 Å². The number of piperazine rings is 1. The van der Waals surface area contributed by atoms with E-state index in [1.807, 2.05) is 0 Å². The monoisotopic (exact) mass is 466 g/mol. The third kappa shape index (κ3) is 5.57. The predicted molar refractivity (Wildman–Crippen MR) is 118 cm³/mol. The van der Waals surface area contributed by atoms with Crippen LogP contribution in [0.3, 0.4) is 0 Å². The van der Waals surface area contributed by atoms with E-state index in [1.54, 1.807) is 28.0 Å². The second-order valence-corrected chi connectivity index (χ2v) is 8.22. The molecule has 0 saturated carbocycles. The third-order valence-electron chi connectivity index (χ3n) is 5.35. The van der Waals surface area contributed by atoms with Crippen LogP contribution in [0.15, 0.2) is 36.0 Å². The van der Waals surface area contributed by atoms with Gasteiger partial charge in [-0.05, 0) is 23.8 Å². The van der Waals surface area contributed by atoms with Crippen LogP contribution >= 0.6 is 23.2 Å². The first-order valence-corrected chi connectivity index (χ1v) is 10.6. The average molecular weight is 467 g/mol. The number of halogens is 2. The van der Waals surface area contributed by atoms with Gasteiger partial charge in [-0.25, -0.2) is 0 Å². The molecule has 0 spiro atoms. The topological polar surface area (TPSA) is 82.5 Å². The molecule has 2 fully saturated rings. The molecule has 1 aromatic carbocycles. The summed E-state index contributed by atoms with van der Waals surface area (Å²) in [5.74, 6) is -0.506. The number of benzene rings is 1. The zero-order valence-corrected chi connectivity index (χ0v) is 18.7. The zero-order chi connectivity index (χ0) is 22.5. The number of oxime groups is 1. The summed E-state index contributed by atoms with van der Waals surface area (Å²) in [6.07, 6.45) is 1.47. The first-order valence-electron chi connectivity index (χ1n) is 9.89. The maximum absolute atomic E-state index is 13.1. The van der Waals surface area contributed by atoms with E-state index in [0.717, 1.165) is 5.56 Å². The normalized spacial score (nSPS) is 20.2. The molecule has 0 radical (unpaired) electrons. The van der Waals surface area contributed by atoms with Crippen LogP contribution in [-0.4, -0.2) is 76.9 Å². The highest BCUT2D eigenvalue weighted by molar-refractivity contribution is 6.42. The SMILES string of the molecule is C=CC(=O)N1C/C(=N\OCc2ccc(Cl)c(Cl)c2)C[C@H]1C(=O)N1CCN(C(C)=O)CC1. The van der Waals surface area contributed by atoms with Crippen LogP contribution < -0.4 is 0 Å². The van der Waals surface area contributed by atoms with Gasteiger partial charge < -0.3 is 19.5 Å². The molecule has 166 valence electrons. The van der Waals surface area contributed by atoms with Crippen molar-refractivity contribution < 1.29 is 19.2 Å². The van der Waals surface area contributed by atoms with Crippen LogP contribution in [0.5, 0.6) is 0 Å². The fourth-order valence-electron chi connectivity index (χ4n) is 3.62. The molecule has 3 rings (SSSR count). The Bertz CT molecular complexity index is 913. The summed E-state index contributed by atoms with van der Waals surface area (Å²) in [4.78, 5) is 47.2. The van der Waals surface area contributed by atoms with E-state index >= 15 is 0 Å². The van der Waals surface area contributed by atoms with E-state index in [1.165, 1.54) is 17.9 Å². The second-order valence-electron chi connectivity index (χ2n) is 7.40. The maximum atomic E-state index is 13.1. The molecule has 1 aromatic rings. The summed E-state index contributed by atoms with van der Waals surface area (Å²) in [6, 6.07) is 4.49. The lowest BCUT2D eigenvalue weighted by atomic mass is 10.1. The lowest BCUT2D eigenvalue weighted by molar-refractivity contribution is -0.144. The van der Waals surface area contributed by atoms with Crippen molar-refractivity contribution in [2.45, 2.75) is 26.0 Å². The van der Waals surface area contributed by atoms with Crippen molar-refractivity contribution >= 4 is 46.6 Å². The van der Waals surface area contributed by atoms with Crippen molar-refractivity contribution in [1.82, 2.24) is 14.7 Å². The number of amides is 3. The maximum Gasteiger partial charge on any atom is 0.246 e. The van der Waals surface area contributed by atoms with E-state index in [4.69, 9.17) is 28.0 Å². The van der Waals surface area contributed by atoms with Gasteiger partial charge in [0.1, 0.15) is 12.6 Å². The molecule has 31 heavy (non-hydrogen) atoms. The van der Waals surface area contributed by atoms with Gasteiger partial charge >= 0.3 is 0 Å². The Morgan fingerprint density at radius 3 is 2.45 bits per heavy atom. The Kier molecular flexibility index (Phi) is 7.56. The Morgan fingerprint density at radius 2 is 1.84 bits per heavy atom. The molecule has 2 aliphatic rings. The molecule has 2 saturated heterocycles. The fourth-order valence-corrected chi connectivity index (χ4v) is 3.94. The summed E-state index contributed by atoms with van der Waals surface area (Å²) >= 11 is 11.9. The minimum atomic E-state index is -0.665. The molecular formula is C21H24Cl2N4O4. The summed E-state index contributed by atoms with van der Waals surface area (Å²) in [6.45, 7) is 7.25. The molecule has 8 nitrogen and oxygen atoms in total. The van der Waals surface area contributed by atoms with Gasteiger partial charge in [0, 0.05) is 39.5 Å². The number of nitrogens with zero attached hydrogens (tertiary/aromatic N) is 4. The summed E-state index contributed by atoms with van der Waals surface area (Å²) in [5.41, 5.74) is 1.39. The number of carbonyl (C=O) groups is 3. The predicted octanol–water partition coefficient (Wildman–Crippen LogP) is 2.34. The number of hydrogen-bond acceptors (Lipinski definition) is 5. The van der Waals surface area contributed by atoms with Crippen molar-refractivity contribution in [1.29, 1.82) is 0 Å². The standard InChI is InChI=1S/C21H24Cl2N4O4/c1-3-20(29)27-12-16(24-31-13-15-4-5-17(22)18(23)10-15)11-19(27)21(30)26-8-6-25(7-9-26)14(2)28/h3-5,10,19H,1,6-9,11-13H2,2H3/b24-16-/t19-/m0/s1. The van der Waals surface area contributed by atoms with E-state index < -0.39 is 6.04 Å². The van der Waals surface area contributed by atoms with Crippen molar-refractivity contribution in [3.63, 3.8) is 0 Å². The van der Waals surface area contributed by atoms with Gasteiger partial charge in [0.2, 0.25) is 17.7 Å². The van der Waals surface area contributed by atoms with Crippen LogP contribution in [0.25, 0.3) is 0 Å². The molecule has 10 heteroatoms. The molecule has 3 amide bonds.